The molecular formula is C14H23NO4. The molecule has 0 rings (SSSR count). The van der Waals surface area contributed by atoms with E-state index in [4.69, 9.17) is 4.74 Å². The number of aliphatic carboxylic acids is 1. The molecule has 0 aromatic rings. The standard InChI is InChI=1S/C14H23NO4/c1-8(2)11(12(16)19-10(5)6)14(7-15,9(3)4)13(17)18/h8-11H,1-6H3,(H,17,18). The molecule has 0 heterocycles. The van der Waals surface area contributed by atoms with Gasteiger partial charge in [-0.1, -0.05) is 27.7 Å². The summed E-state index contributed by atoms with van der Waals surface area (Å²) in [5.41, 5.74) is -1.76. The summed E-state index contributed by atoms with van der Waals surface area (Å²) in [7, 11) is 0. The van der Waals surface area contributed by atoms with E-state index in [0.717, 1.165) is 0 Å². The largest absolute Gasteiger partial charge is 0.480 e. The summed E-state index contributed by atoms with van der Waals surface area (Å²) in [5.74, 6) is -3.68. The van der Waals surface area contributed by atoms with E-state index in [1.54, 1.807) is 41.5 Å². The Morgan fingerprint density at radius 3 is 1.84 bits per heavy atom. The van der Waals surface area contributed by atoms with Crippen LogP contribution in [0, 0.1) is 34.5 Å². The SMILES string of the molecule is CC(C)OC(=O)C(C(C)C)C(C#N)(C(=O)O)C(C)C. The van der Waals surface area contributed by atoms with Crippen LogP contribution < -0.4 is 0 Å². The van der Waals surface area contributed by atoms with Crippen LogP contribution in [0.2, 0.25) is 0 Å². The van der Waals surface area contributed by atoms with Gasteiger partial charge in [-0.2, -0.15) is 5.26 Å². The molecule has 0 spiro atoms. The lowest BCUT2D eigenvalue weighted by atomic mass is 9.64. The van der Waals surface area contributed by atoms with Crippen LogP contribution in [-0.4, -0.2) is 23.1 Å². The zero-order valence-electron chi connectivity index (χ0n) is 12.4. The molecule has 0 bridgehead atoms. The van der Waals surface area contributed by atoms with Crippen LogP contribution in [-0.2, 0) is 14.3 Å². The second-order valence-corrected chi connectivity index (χ2v) is 5.65. The predicted molar refractivity (Wildman–Crippen MR) is 70.1 cm³/mol. The fourth-order valence-electron chi connectivity index (χ4n) is 2.28. The van der Waals surface area contributed by atoms with Gasteiger partial charge in [0.1, 0.15) is 0 Å². The molecular weight excluding hydrogens is 246 g/mol. The van der Waals surface area contributed by atoms with E-state index in [1.807, 2.05) is 6.07 Å². The number of rotatable bonds is 6. The third-order valence-corrected chi connectivity index (χ3v) is 3.21. The number of nitrogens with zero attached hydrogens (tertiary/aromatic N) is 1. The third kappa shape index (κ3) is 3.46. The Labute approximate surface area is 114 Å². The van der Waals surface area contributed by atoms with Gasteiger partial charge in [-0.05, 0) is 25.7 Å². The van der Waals surface area contributed by atoms with Gasteiger partial charge in [-0.25, -0.2) is 0 Å². The molecule has 5 nitrogen and oxygen atoms in total. The monoisotopic (exact) mass is 269 g/mol. The molecule has 2 atom stereocenters. The van der Waals surface area contributed by atoms with E-state index in [1.165, 1.54) is 0 Å². The fraction of sp³-hybridized carbons (Fsp3) is 0.786. The Hall–Kier alpha value is -1.57. The molecule has 0 radical (unpaired) electrons. The number of hydrogen-bond donors (Lipinski definition) is 1. The normalized spacial score (nSPS) is 16.0. The molecule has 5 heteroatoms. The van der Waals surface area contributed by atoms with E-state index < -0.39 is 29.2 Å². The van der Waals surface area contributed by atoms with Gasteiger partial charge in [-0.3, -0.25) is 9.59 Å². The molecule has 0 saturated carbocycles. The summed E-state index contributed by atoms with van der Waals surface area (Å²) in [6.45, 7) is 10.1. The van der Waals surface area contributed by atoms with Gasteiger partial charge in [-0.15, -0.1) is 0 Å². The van der Waals surface area contributed by atoms with Gasteiger partial charge < -0.3 is 9.84 Å². The molecule has 19 heavy (non-hydrogen) atoms. The molecule has 1 N–H and O–H groups in total. The maximum Gasteiger partial charge on any atom is 0.325 e. The smallest absolute Gasteiger partial charge is 0.325 e. The zero-order chi connectivity index (χ0) is 15.4. The van der Waals surface area contributed by atoms with Gasteiger partial charge in [0.15, 0.2) is 5.41 Å². The van der Waals surface area contributed by atoms with Crippen molar-refractivity contribution in [1.82, 2.24) is 0 Å². The third-order valence-electron chi connectivity index (χ3n) is 3.21. The van der Waals surface area contributed by atoms with Crippen molar-refractivity contribution in [3.8, 4) is 6.07 Å². The van der Waals surface area contributed by atoms with E-state index in [9.17, 15) is 20.0 Å². The van der Waals surface area contributed by atoms with Crippen LogP contribution >= 0.6 is 0 Å². The van der Waals surface area contributed by atoms with Crippen LogP contribution in [0.1, 0.15) is 41.5 Å². The van der Waals surface area contributed by atoms with Gasteiger partial charge in [0.05, 0.1) is 18.1 Å². The first kappa shape index (κ1) is 17.4. The summed E-state index contributed by atoms with van der Waals surface area (Å²) in [6, 6.07) is 1.85. The molecule has 0 aromatic carbocycles. The fourth-order valence-corrected chi connectivity index (χ4v) is 2.28. The van der Waals surface area contributed by atoms with Crippen molar-refractivity contribution in [1.29, 1.82) is 5.26 Å². The molecule has 0 fully saturated rings. The second-order valence-electron chi connectivity index (χ2n) is 5.65. The van der Waals surface area contributed by atoms with Crippen molar-refractivity contribution in [3.05, 3.63) is 0 Å². The first-order valence-corrected chi connectivity index (χ1v) is 6.46. The quantitative estimate of drug-likeness (QED) is 0.748. The number of hydrogen-bond acceptors (Lipinski definition) is 4. The lowest BCUT2D eigenvalue weighted by Crippen LogP contribution is -2.48. The number of carbonyl (C=O) groups is 2. The number of esters is 1. The maximum atomic E-state index is 12.2. The van der Waals surface area contributed by atoms with Crippen molar-refractivity contribution >= 4 is 11.9 Å². The van der Waals surface area contributed by atoms with Crippen molar-refractivity contribution in [2.45, 2.75) is 47.6 Å². The summed E-state index contributed by atoms with van der Waals surface area (Å²) in [5, 5.41) is 18.8. The summed E-state index contributed by atoms with van der Waals surface area (Å²) in [6.07, 6.45) is -0.342. The van der Waals surface area contributed by atoms with E-state index in [2.05, 4.69) is 0 Å². The number of ether oxygens (including phenoxy) is 1. The molecule has 0 aliphatic rings. The topological polar surface area (TPSA) is 87.4 Å². The van der Waals surface area contributed by atoms with E-state index in [0.29, 0.717) is 0 Å². The van der Waals surface area contributed by atoms with Crippen LogP contribution in [0.25, 0.3) is 0 Å². The van der Waals surface area contributed by atoms with Crippen molar-refractivity contribution in [2.24, 2.45) is 23.2 Å². The number of carboxylic acids is 1. The molecule has 0 saturated heterocycles. The second kappa shape index (κ2) is 6.55. The van der Waals surface area contributed by atoms with Crippen LogP contribution in [0.5, 0.6) is 0 Å². The molecule has 0 amide bonds. The lowest BCUT2D eigenvalue weighted by molar-refractivity contribution is -0.169. The molecule has 108 valence electrons. The van der Waals surface area contributed by atoms with Gasteiger partial charge >= 0.3 is 11.9 Å². The van der Waals surface area contributed by atoms with Gasteiger partial charge in [0.2, 0.25) is 0 Å². The van der Waals surface area contributed by atoms with E-state index in [-0.39, 0.29) is 12.0 Å². The zero-order valence-corrected chi connectivity index (χ0v) is 12.4. The molecule has 0 aliphatic carbocycles. The Bertz CT molecular complexity index is 381. The number of carboxylic acid groups (broad SMARTS) is 1. The molecule has 0 aromatic heterocycles. The maximum absolute atomic E-state index is 12.2. The van der Waals surface area contributed by atoms with Crippen molar-refractivity contribution < 1.29 is 19.4 Å². The van der Waals surface area contributed by atoms with Gasteiger partial charge in [0.25, 0.3) is 0 Å². The summed E-state index contributed by atoms with van der Waals surface area (Å²) in [4.78, 5) is 23.8. The molecule has 2 unspecified atom stereocenters. The minimum absolute atomic E-state index is 0.301. The van der Waals surface area contributed by atoms with Crippen LogP contribution in [0.4, 0.5) is 0 Å². The highest BCUT2D eigenvalue weighted by Gasteiger charge is 2.54. The van der Waals surface area contributed by atoms with Gasteiger partial charge in [0, 0.05) is 0 Å². The Kier molecular flexibility index (Phi) is 6.01. The average molecular weight is 269 g/mol. The Morgan fingerprint density at radius 2 is 1.63 bits per heavy atom. The Morgan fingerprint density at radius 1 is 1.16 bits per heavy atom. The minimum atomic E-state index is -1.76. The number of nitriles is 1. The molecule has 0 aliphatic heterocycles. The summed E-state index contributed by atoms with van der Waals surface area (Å²) >= 11 is 0. The first-order valence-electron chi connectivity index (χ1n) is 6.46. The minimum Gasteiger partial charge on any atom is -0.480 e. The van der Waals surface area contributed by atoms with E-state index >= 15 is 0 Å². The van der Waals surface area contributed by atoms with Crippen molar-refractivity contribution in [2.75, 3.05) is 0 Å². The summed E-state index contributed by atoms with van der Waals surface area (Å²) < 4.78 is 5.13. The van der Waals surface area contributed by atoms with Crippen molar-refractivity contribution in [3.63, 3.8) is 0 Å². The number of carbonyl (C=O) groups excluding carboxylic acids is 1. The van der Waals surface area contributed by atoms with Crippen LogP contribution in [0.3, 0.4) is 0 Å². The predicted octanol–water partition coefficient (Wildman–Crippen LogP) is 2.46. The lowest BCUT2D eigenvalue weighted by Gasteiger charge is -2.35. The highest BCUT2D eigenvalue weighted by atomic mass is 16.5. The average Bonchev–Trinajstić information content (AvgIpc) is 2.22. The highest BCUT2D eigenvalue weighted by molar-refractivity contribution is 5.87. The van der Waals surface area contributed by atoms with Crippen LogP contribution in [0.15, 0.2) is 0 Å². The first-order chi connectivity index (χ1) is 8.61. The highest BCUT2D eigenvalue weighted by Crippen LogP contribution is 2.41. The Balaban J connectivity index is 5.76.